The average Bonchev–Trinajstić information content (AvgIpc) is 3.57. The number of aliphatic hydroxyl groups is 1. The van der Waals surface area contributed by atoms with E-state index in [-0.39, 0.29) is 5.50 Å². The summed E-state index contributed by atoms with van der Waals surface area (Å²) in [6.07, 6.45) is 5.67. The lowest BCUT2D eigenvalue weighted by Crippen LogP contribution is -2.28. The van der Waals surface area contributed by atoms with E-state index in [4.69, 9.17) is 4.42 Å². The molecule has 2 atom stereocenters. The van der Waals surface area contributed by atoms with Gasteiger partial charge in [0, 0.05) is 28.4 Å². The van der Waals surface area contributed by atoms with Gasteiger partial charge in [-0.2, -0.15) is 4.39 Å². The molecule has 2 aromatic carbocycles. The molecule has 33 heavy (non-hydrogen) atoms. The van der Waals surface area contributed by atoms with E-state index in [1.54, 1.807) is 42.5 Å². The van der Waals surface area contributed by atoms with Gasteiger partial charge in [0.2, 0.25) is 5.95 Å². The van der Waals surface area contributed by atoms with E-state index in [1.807, 2.05) is 54.1 Å². The van der Waals surface area contributed by atoms with Gasteiger partial charge in [-0.15, -0.1) is 0 Å². The molecule has 0 bridgehead atoms. The van der Waals surface area contributed by atoms with Crippen LogP contribution in [-0.2, 0) is 0 Å². The molecule has 3 N–H and O–H groups in total. The van der Waals surface area contributed by atoms with Crippen LogP contribution in [0.5, 0.6) is 0 Å². The van der Waals surface area contributed by atoms with Crippen LogP contribution < -0.4 is 10.0 Å². The second-order valence-electron chi connectivity index (χ2n) is 7.33. The largest absolute Gasteiger partial charge is 0.472 e. The Morgan fingerprint density at radius 1 is 1.09 bits per heavy atom. The van der Waals surface area contributed by atoms with Gasteiger partial charge in [0.25, 0.3) is 0 Å². The minimum absolute atomic E-state index is 0.140. The number of benzene rings is 2. The van der Waals surface area contributed by atoms with Crippen molar-refractivity contribution in [3.63, 3.8) is 0 Å². The van der Waals surface area contributed by atoms with Gasteiger partial charge in [0.15, 0.2) is 0 Å². The standard InChI is InChI=1S/C25H20FN3O2S2/c26-24-20(2-1-10-27-24)17-5-8-21(22(14-17)18-9-12-31-15-18)23(30)16-3-6-19(7-4-16)33-29-25-28-11-13-32-25/h1-15,23,25,28-30H. The highest BCUT2D eigenvalue weighted by atomic mass is 32.2. The average molecular weight is 478 g/mol. The van der Waals surface area contributed by atoms with Gasteiger partial charge >= 0.3 is 0 Å². The Hall–Kier alpha value is -3.04. The van der Waals surface area contributed by atoms with Gasteiger partial charge < -0.3 is 14.8 Å². The lowest BCUT2D eigenvalue weighted by molar-refractivity contribution is 0.221. The molecule has 0 aliphatic carbocycles. The van der Waals surface area contributed by atoms with E-state index in [0.717, 1.165) is 21.6 Å². The molecular weight excluding hydrogens is 457 g/mol. The summed E-state index contributed by atoms with van der Waals surface area (Å²) < 4.78 is 22.9. The third-order valence-corrected chi connectivity index (χ3v) is 7.09. The third-order valence-electron chi connectivity index (χ3n) is 5.26. The predicted molar refractivity (Wildman–Crippen MR) is 130 cm³/mol. The fourth-order valence-electron chi connectivity index (χ4n) is 3.60. The first-order chi connectivity index (χ1) is 16.2. The maximum absolute atomic E-state index is 14.3. The molecule has 0 saturated carbocycles. The van der Waals surface area contributed by atoms with Crippen molar-refractivity contribution in [1.29, 1.82) is 0 Å². The normalized spacial score (nSPS) is 16.0. The molecule has 3 heterocycles. The highest BCUT2D eigenvalue weighted by Gasteiger charge is 2.19. The molecular formula is C25H20FN3O2S2. The molecule has 0 fully saturated rings. The van der Waals surface area contributed by atoms with Gasteiger partial charge in [-0.3, -0.25) is 0 Å². The van der Waals surface area contributed by atoms with Crippen molar-refractivity contribution < 1.29 is 13.9 Å². The quantitative estimate of drug-likeness (QED) is 0.226. The van der Waals surface area contributed by atoms with Gasteiger partial charge in [-0.1, -0.05) is 36.0 Å². The van der Waals surface area contributed by atoms with Crippen molar-refractivity contribution >= 4 is 23.7 Å². The fourth-order valence-corrected chi connectivity index (χ4v) is 5.02. The van der Waals surface area contributed by atoms with Crippen LogP contribution in [-0.4, -0.2) is 15.6 Å². The fraction of sp³-hybridized carbons (Fsp3) is 0.0800. The summed E-state index contributed by atoms with van der Waals surface area (Å²) in [6, 6.07) is 18.5. The van der Waals surface area contributed by atoms with Crippen LogP contribution in [0.25, 0.3) is 22.3 Å². The van der Waals surface area contributed by atoms with Crippen molar-refractivity contribution in [3.05, 3.63) is 108 Å². The van der Waals surface area contributed by atoms with Crippen LogP contribution in [0, 0.1) is 5.95 Å². The maximum atomic E-state index is 14.3. The maximum Gasteiger partial charge on any atom is 0.220 e. The van der Waals surface area contributed by atoms with E-state index in [0.29, 0.717) is 16.7 Å². The number of nitrogens with one attached hydrogen (secondary N) is 2. The van der Waals surface area contributed by atoms with Crippen LogP contribution in [0.1, 0.15) is 17.2 Å². The second-order valence-corrected chi connectivity index (χ2v) is 9.26. The van der Waals surface area contributed by atoms with E-state index < -0.39 is 12.1 Å². The SMILES string of the molecule is OC(c1ccc(SNC2NC=CS2)cc1)c1ccc(-c2cccnc2F)cc1-c1ccoc1. The van der Waals surface area contributed by atoms with Gasteiger partial charge in [-0.05, 0) is 76.0 Å². The van der Waals surface area contributed by atoms with Crippen molar-refractivity contribution in [2.75, 3.05) is 0 Å². The number of thioether (sulfide) groups is 1. The van der Waals surface area contributed by atoms with Crippen LogP contribution in [0.15, 0.2) is 100 Å². The molecule has 1 aliphatic rings. The first kappa shape index (κ1) is 21.8. The number of hydrogen-bond acceptors (Lipinski definition) is 7. The zero-order valence-corrected chi connectivity index (χ0v) is 18.9. The highest BCUT2D eigenvalue weighted by molar-refractivity contribution is 8.04. The molecule has 0 amide bonds. The number of aromatic nitrogens is 1. The number of rotatable bonds is 7. The van der Waals surface area contributed by atoms with E-state index in [1.165, 1.54) is 18.1 Å². The minimum Gasteiger partial charge on any atom is -0.472 e. The predicted octanol–water partition coefficient (Wildman–Crippen LogP) is 5.92. The minimum atomic E-state index is -0.856. The molecule has 0 radical (unpaired) electrons. The first-order valence-corrected chi connectivity index (χ1v) is 12.0. The summed E-state index contributed by atoms with van der Waals surface area (Å²) in [7, 11) is 0. The van der Waals surface area contributed by atoms with Gasteiger partial charge in [-0.25, -0.2) is 9.71 Å². The Balaban J connectivity index is 1.42. The summed E-state index contributed by atoms with van der Waals surface area (Å²) in [6.45, 7) is 0. The Morgan fingerprint density at radius 2 is 1.97 bits per heavy atom. The topological polar surface area (TPSA) is 70.3 Å². The van der Waals surface area contributed by atoms with Crippen molar-refractivity contribution in [3.8, 4) is 22.3 Å². The summed E-state index contributed by atoms with van der Waals surface area (Å²) in [5.41, 5.74) is 4.28. The molecule has 0 saturated heterocycles. The number of hydrogen-bond donors (Lipinski definition) is 3. The number of pyridine rings is 1. The molecule has 2 aromatic heterocycles. The van der Waals surface area contributed by atoms with Gasteiger partial charge in [0.05, 0.1) is 12.5 Å². The molecule has 1 aliphatic heterocycles. The summed E-state index contributed by atoms with van der Waals surface area (Å²) in [5, 5.41) is 16.4. The summed E-state index contributed by atoms with van der Waals surface area (Å²) in [5.74, 6) is -0.535. The molecule has 5 nitrogen and oxygen atoms in total. The van der Waals surface area contributed by atoms with Gasteiger partial charge in [0.1, 0.15) is 11.6 Å². The van der Waals surface area contributed by atoms with E-state index >= 15 is 0 Å². The lowest BCUT2D eigenvalue weighted by Gasteiger charge is -2.18. The van der Waals surface area contributed by atoms with E-state index in [9.17, 15) is 9.50 Å². The summed E-state index contributed by atoms with van der Waals surface area (Å²) in [4.78, 5) is 4.79. The second kappa shape index (κ2) is 9.84. The zero-order valence-electron chi connectivity index (χ0n) is 17.3. The number of nitrogens with zero attached hydrogens (tertiary/aromatic N) is 1. The van der Waals surface area contributed by atoms with Crippen molar-refractivity contribution in [2.24, 2.45) is 0 Å². The van der Waals surface area contributed by atoms with Crippen LogP contribution in [0.3, 0.4) is 0 Å². The summed E-state index contributed by atoms with van der Waals surface area (Å²) >= 11 is 3.20. The highest BCUT2D eigenvalue weighted by Crippen LogP contribution is 2.36. The smallest absolute Gasteiger partial charge is 0.220 e. The van der Waals surface area contributed by atoms with Crippen LogP contribution >= 0.6 is 23.7 Å². The van der Waals surface area contributed by atoms with Crippen molar-refractivity contribution in [2.45, 2.75) is 16.5 Å². The molecule has 166 valence electrons. The van der Waals surface area contributed by atoms with E-state index in [2.05, 4.69) is 15.0 Å². The lowest BCUT2D eigenvalue weighted by atomic mass is 9.91. The Bertz CT molecular complexity index is 1260. The molecule has 5 rings (SSSR count). The number of halogens is 1. The first-order valence-electron chi connectivity index (χ1n) is 10.2. The number of furan rings is 1. The molecule has 8 heteroatoms. The molecule has 0 spiro atoms. The van der Waals surface area contributed by atoms with Crippen molar-refractivity contribution in [1.82, 2.24) is 15.0 Å². The Kier molecular flexibility index (Phi) is 6.50. The molecule has 4 aromatic rings. The molecule has 2 unspecified atom stereocenters. The monoisotopic (exact) mass is 477 g/mol. The Morgan fingerprint density at radius 3 is 2.70 bits per heavy atom. The van der Waals surface area contributed by atoms with Crippen LogP contribution in [0.4, 0.5) is 4.39 Å². The number of aliphatic hydroxyl groups excluding tert-OH is 1. The Labute approximate surface area is 199 Å². The third kappa shape index (κ3) is 4.84. The zero-order chi connectivity index (χ0) is 22.6. The van der Waals surface area contributed by atoms with Crippen LogP contribution in [0.2, 0.25) is 0 Å².